The molecule has 9 heteroatoms. The second kappa shape index (κ2) is 11.2. The largest absolute Gasteiger partial charge is 0.497 e. The molecule has 1 aromatic rings. The number of halogens is 1. The van der Waals surface area contributed by atoms with Gasteiger partial charge in [-0.15, -0.1) is 24.0 Å². The molecule has 0 bridgehead atoms. The molecular weight excluding hydrogens is 503 g/mol. The molecule has 0 unspecified atom stereocenters. The van der Waals surface area contributed by atoms with E-state index in [-0.39, 0.29) is 35.1 Å². The van der Waals surface area contributed by atoms with Crippen LogP contribution < -0.4 is 15.0 Å². The quantitative estimate of drug-likeness (QED) is 0.327. The Kier molecular flexibility index (Phi) is 10.0. The lowest BCUT2D eigenvalue weighted by molar-refractivity contribution is 0.327. The van der Waals surface area contributed by atoms with Crippen LogP contribution in [0, 0.1) is 5.41 Å². The molecule has 0 aliphatic carbocycles. The summed E-state index contributed by atoms with van der Waals surface area (Å²) >= 11 is 0. The molecule has 166 valence electrons. The van der Waals surface area contributed by atoms with Crippen molar-refractivity contribution >= 4 is 45.5 Å². The zero-order chi connectivity index (χ0) is 20.8. The van der Waals surface area contributed by atoms with Crippen LogP contribution in [0.25, 0.3) is 0 Å². The van der Waals surface area contributed by atoms with Crippen LogP contribution in [0.2, 0.25) is 0 Å². The van der Waals surface area contributed by atoms with E-state index in [1.807, 2.05) is 12.1 Å². The highest BCUT2D eigenvalue weighted by Gasteiger charge is 2.24. The van der Waals surface area contributed by atoms with Crippen molar-refractivity contribution in [2.45, 2.75) is 20.3 Å². The molecule has 0 radical (unpaired) electrons. The van der Waals surface area contributed by atoms with E-state index in [0.717, 1.165) is 37.9 Å². The number of aliphatic imine (C=N–C) groups is 1. The summed E-state index contributed by atoms with van der Waals surface area (Å²) in [5, 5.41) is 3.43. The topological polar surface area (TPSA) is 74.2 Å². The average molecular weight is 538 g/mol. The third-order valence-corrected chi connectivity index (χ3v) is 6.03. The van der Waals surface area contributed by atoms with Gasteiger partial charge in [0.2, 0.25) is 0 Å². The van der Waals surface area contributed by atoms with E-state index < -0.39 is 9.84 Å². The van der Waals surface area contributed by atoms with E-state index in [0.29, 0.717) is 13.0 Å². The van der Waals surface area contributed by atoms with Crippen molar-refractivity contribution in [1.82, 2.24) is 10.2 Å². The zero-order valence-corrected chi connectivity index (χ0v) is 21.3. The summed E-state index contributed by atoms with van der Waals surface area (Å²) in [6.45, 7) is 8.42. The molecule has 0 saturated carbocycles. The van der Waals surface area contributed by atoms with Gasteiger partial charge in [-0.2, -0.15) is 0 Å². The van der Waals surface area contributed by atoms with E-state index in [4.69, 9.17) is 4.74 Å². The number of piperazine rings is 1. The number of hydrogen-bond acceptors (Lipinski definition) is 5. The SMILES string of the molecule is CN=C(NCC(C)(C)CCS(C)(=O)=O)N1CCN(c2cccc(OC)c2)CC1.I. The number of nitrogens with zero attached hydrogens (tertiary/aromatic N) is 3. The Morgan fingerprint density at radius 2 is 1.90 bits per heavy atom. The highest BCUT2D eigenvalue weighted by molar-refractivity contribution is 14.0. The summed E-state index contributed by atoms with van der Waals surface area (Å²) in [6, 6.07) is 8.14. The molecule has 2 rings (SSSR count). The normalized spacial score (nSPS) is 15.7. The van der Waals surface area contributed by atoms with Gasteiger partial charge < -0.3 is 19.9 Å². The van der Waals surface area contributed by atoms with E-state index in [2.05, 4.69) is 46.1 Å². The van der Waals surface area contributed by atoms with Crippen LogP contribution in [0.15, 0.2) is 29.3 Å². The minimum absolute atomic E-state index is 0. The van der Waals surface area contributed by atoms with Crippen LogP contribution in [0.1, 0.15) is 20.3 Å². The molecule has 1 fully saturated rings. The Morgan fingerprint density at radius 3 is 2.45 bits per heavy atom. The van der Waals surface area contributed by atoms with Crippen LogP contribution in [0.5, 0.6) is 5.75 Å². The molecule has 7 nitrogen and oxygen atoms in total. The molecule has 0 spiro atoms. The van der Waals surface area contributed by atoms with Crippen molar-refractivity contribution in [3.05, 3.63) is 24.3 Å². The first-order valence-electron chi connectivity index (χ1n) is 9.66. The fourth-order valence-corrected chi connectivity index (χ4v) is 4.11. The Hall–Kier alpha value is -1.23. The van der Waals surface area contributed by atoms with E-state index in [1.54, 1.807) is 14.2 Å². The Morgan fingerprint density at radius 1 is 1.24 bits per heavy atom. The monoisotopic (exact) mass is 538 g/mol. The van der Waals surface area contributed by atoms with Gasteiger partial charge >= 0.3 is 0 Å². The van der Waals surface area contributed by atoms with E-state index >= 15 is 0 Å². The van der Waals surface area contributed by atoms with Crippen LogP contribution in [-0.4, -0.2) is 78.2 Å². The first-order valence-corrected chi connectivity index (χ1v) is 11.7. The molecule has 0 amide bonds. The fraction of sp³-hybridized carbons (Fsp3) is 0.650. The van der Waals surface area contributed by atoms with Crippen LogP contribution in [0.3, 0.4) is 0 Å². The molecule has 1 saturated heterocycles. The van der Waals surface area contributed by atoms with Gasteiger partial charge in [0, 0.05) is 57.8 Å². The minimum atomic E-state index is -2.94. The molecule has 1 aliphatic heterocycles. The van der Waals surface area contributed by atoms with Gasteiger partial charge in [-0.3, -0.25) is 4.99 Å². The van der Waals surface area contributed by atoms with Gasteiger partial charge in [0.15, 0.2) is 5.96 Å². The number of benzene rings is 1. The van der Waals surface area contributed by atoms with Gasteiger partial charge in [-0.25, -0.2) is 8.42 Å². The molecule has 1 aromatic carbocycles. The summed E-state index contributed by atoms with van der Waals surface area (Å²) in [4.78, 5) is 9.03. The minimum Gasteiger partial charge on any atom is -0.497 e. The lowest BCUT2D eigenvalue weighted by Gasteiger charge is -2.38. The van der Waals surface area contributed by atoms with Crippen molar-refractivity contribution in [3.63, 3.8) is 0 Å². The van der Waals surface area contributed by atoms with Crippen molar-refractivity contribution < 1.29 is 13.2 Å². The molecular formula is C20H35IN4O3S. The van der Waals surface area contributed by atoms with Gasteiger partial charge in [-0.05, 0) is 24.0 Å². The average Bonchev–Trinajstić information content (AvgIpc) is 2.67. The summed E-state index contributed by atoms with van der Waals surface area (Å²) in [5.41, 5.74) is 1.05. The lowest BCUT2D eigenvalue weighted by atomic mass is 9.90. The fourth-order valence-electron chi connectivity index (χ4n) is 3.18. The smallest absolute Gasteiger partial charge is 0.193 e. The number of hydrogen-bond donors (Lipinski definition) is 1. The maximum absolute atomic E-state index is 11.4. The molecule has 29 heavy (non-hydrogen) atoms. The van der Waals surface area contributed by atoms with Gasteiger partial charge in [0.25, 0.3) is 0 Å². The number of nitrogens with one attached hydrogen (secondary N) is 1. The highest BCUT2D eigenvalue weighted by atomic mass is 127. The number of rotatable bonds is 7. The van der Waals surface area contributed by atoms with Crippen LogP contribution in [0.4, 0.5) is 5.69 Å². The van der Waals surface area contributed by atoms with Gasteiger partial charge in [0.05, 0.1) is 12.9 Å². The number of anilines is 1. The summed E-state index contributed by atoms with van der Waals surface area (Å²) in [5.74, 6) is 1.95. The van der Waals surface area contributed by atoms with Crippen molar-refractivity contribution in [1.29, 1.82) is 0 Å². The Bertz CT molecular complexity index is 776. The summed E-state index contributed by atoms with van der Waals surface area (Å²) in [6.07, 6.45) is 1.91. The number of sulfone groups is 1. The van der Waals surface area contributed by atoms with Gasteiger partial charge in [-0.1, -0.05) is 19.9 Å². The first kappa shape index (κ1) is 25.8. The number of ether oxygens (including phenoxy) is 1. The Labute approximate surface area is 192 Å². The Balaban J connectivity index is 0.00000420. The van der Waals surface area contributed by atoms with Crippen LogP contribution >= 0.6 is 24.0 Å². The van der Waals surface area contributed by atoms with Gasteiger partial charge in [0.1, 0.15) is 15.6 Å². The van der Waals surface area contributed by atoms with E-state index in [1.165, 1.54) is 11.9 Å². The molecule has 0 atom stereocenters. The molecule has 0 aromatic heterocycles. The predicted octanol–water partition coefficient (Wildman–Crippen LogP) is 2.47. The summed E-state index contributed by atoms with van der Waals surface area (Å²) < 4.78 is 28.2. The third-order valence-electron chi connectivity index (χ3n) is 5.08. The van der Waals surface area contributed by atoms with Crippen molar-refractivity contribution in [2.75, 3.05) is 63.8 Å². The lowest BCUT2D eigenvalue weighted by Crippen LogP contribution is -2.53. The first-order chi connectivity index (χ1) is 13.1. The third kappa shape index (κ3) is 8.57. The summed E-state index contributed by atoms with van der Waals surface area (Å²) in [7, 11) is 0.534. The maximum Gasteiger partial charge on any atom is 0.193 e. The number of methoxy groups -OCH3 is 1. The molecule has 1 N–H and O–H groups in total. The standard InChI is InChI=1S/C20H34N4O3S.HI/c1-20(2,9-14-28(5,25)26)16-22-19(21-3)24-12-10-23(11-13-24)17-7-6-8-18(15-17)27-4;/h6-8,15H,9-14,16H2,1-5H3,(H,21,22);1H. The second-order valence-corrected chi connectivity index (χ2v) is 10.4. The number of guanidine groups is 1. The van der Waals surface area contributed by atoms with Crippen molar-refractivity contribution in [3.8, 4) is 5.75 Å². The zero-order valence-electron chi connectivity index (χ0n) is 18.1. The highest BCUT2D eigenvalue weighted by Crippen LogP contribution is 2.23. The maximum atomic E-state index is 11.4. The molecule has 1 heterocycles. The molecule has 1 aliphatic rings. The second-order valence-electron chi connectivity index (χ2n) is 8.12. The van der Waals surface area contributed by atoms with E-state index in [9.17, 15) is 8.42 Å². The van der Waals surface area contributed by atoms with Crippen LogP contribution in [-0.2, 0) is 9.84 Å². The predicted molar refractivity (Wildman–Crippen MR) is 132 cm³/mol. The van der Waals surface area contributed by atoms with Crippen molar-refractivity contribution in [2.24, 2.45) is 10.4 Å².